The van der Waals surface area contributed by atoms with Gasteiger partial charge in [0.05, 0.1) is 12.3 Å². The van der Waals surface area contributed by atoms with Crippen molar-refractivity contribution >= 4 is 17.7 Å². The maximum atomic E-state index is 12.7. The number of allylic oxidation sites excluding steroid dienone is 3. The van der Waals surface area contributed by atoms with E-state index in [1.54, 1.807) is 36.4 Å². The number of rotatable bonds is 7. The molecule has 0 heterocycles. The molecule has 0 aliphatic heterocycles. The molecule has 1 fully saturated rings. The fraction of sp³-hybridized carbons (Fsp3) is 0.375. The second kappa shape index (κ2) is 8.19. The van der Waals surface area contributed by atoms with E-state index in [1.165, 1.54) is 6.08 Å². The Bertz CT molecular complexity index is 891. The Labute approximate surface area is 171 Å². The van der Waals surface area contributed by atoms with E-state index >= 15 is 0 Å². The van der Waals surface area contributed by atoms with Gasteiger partial charge in [-0.1, -0.05) is 44.2 Å². The van der Waals surface area contributed by atoms with Crippen LogP contribution in [-0.4, -0.2) is 23.8 Å². The molecular weight excluding hydrogens is 368 g/mol. The quantitative estimate of drug-likeness (QED) is 0.300. The van der Waals surface area contributed by atoms with E-state index in [-0.39, 0.29) is 35.4 Å². The Hall–Kier alpha value is -2.95. The van der Waals surface area contributed by atoms with Crippen LogP contribution in [0, 0.1) is 17.3 Å². The van der Waals surface area contributed by atoms with Crippen molar-refractivity contribution in [3.05, 3.63) is 66.3 Å². The predicted octanol–water partition coefficient (Wildman–Crippen LogP) is 4.20. The first-order valence-electron chi connectivity index (χ1n) is 9.75. The highest BCUT2D eigenvalue weighted by molar-refractivity contribution is 6.00. The van der Waals surface area contributed by atoms with Crippen molar-refractivity contribution in [2.45, 2.75) is 39.7 Å². The van der Waals surface area contributed by atoms with E-state index in [2.05, 4.69) is 6.58 Å². The number of ether oxygens (including phenoxy) is 2. The number of Topliss-reactive ketones (excluding diaryl/α,β-unsaturated/α-hetero) is 1. The van der Waals surface area contributed by atoms with Crippen LogP contribution in [0.15, 0.2) is 66.3 Å². The van der Waals surface area contributed by atoms with Crippen LogP contribution < -0.4 is 4.74 Å². The highest BCUT2D eigenvalue weighted by Crippen LogP contribution is 2.59. The number of hydrogen-bond acceptors (Lipinski definition) is 5. The van der Waals surface area contributed by atoms with Crippen molar-refractivity contribution < 1.29 is 23.9 Å². The minimum absolute atomic E-state index is 0.00959. The topological polar surface area (TPSA) is 69.7 Å². The van der Waals surface area contributed by atoms with Gasteiger partial charge in [0.2, 0.25) is 0 Å². The SMILES string of the molecule is C=CCC1=C(C)C(OC(=O)[C@@H]2[C@H](/C=C\C(=O)Oc3ccccc3)C2(C)C)CC1=O. The highest BCUT2D eigenvalue weighted by atomic mass is 16.5. The molecule has 1 aromatic carbocycles. The fourth-order valence-electron chi connectivity index (χ4n) is 3.93. The van der Waals surface area contributed by atoms with Gasteiger partial charge in [0, 0.05) is 11.6 Å². The molecule has 29 heavy (non-hydrogen) atoms. The van der Waals surface area contributed by atoms with Crippen LogP contribution in [0.3, 0.4) is 0 Å². The molecule has 0 radical (unpaired) electrons. The third-order valence-electron chi connectivity index (χ3n) is 5.84. The molecule has 0 saturated heterocycles. The molecule has 1 aromatic rings. The minimum atomic E-state index is -0.506. The van der Waals surface area contributed by atoms with Gasteiger partial charge in [-0.05, 0) is 42.4 Å². The molecule has 5 nitrogen and oxygen atoms in total. The summed E-state index contributed by atoms with van der Waals surface area (Å²) in [6.07, 6.45) is 4.93. The van der Waals surface area contributed by atoms with Crippen LogP contribution in [0.4, 0.5) is 0 Å². The van der Waals surface area contributed by atoms with Crippen LogP contribution in [0.2, 0.25) is 0 Å². The van der Waals surface area contributed by atoms with Crippen LogP contribution in [0.25, 0.3) is 0 Å². The molecule has 3 rings (SSSR count). The average Bonchev–Trinajstić information content (AvgIpc) is 3.14. The molecule has 1 saturated carbocycles. The van der Waals surface area contributed by atoms with E-state index in [9.17, 15) is 14.4 Å². The molecule has 0 amide bonds. The van der Waals surface area contributed by atoms with Crippen LogP contribution in [0.1, 0.15) is 33.6 Å². The summed E-state index contributed by atoms with van der Waals surface area (Å²) in [5.74, 6) is -0.813. The standard InChI is InChI=1S/C24H26O5/c1-5-9-17-15(2)20(14-19(17)25)29-23(27)22-18(24(22,3)4)12-13-21(26)28-16-10-7-6-8-11-16/h5-8,10-13,18,20,22H,1,9,14H2,2-4H3/b13-12-/t18-,20?,22-/m0/s1. The van der Waals surface area contributed by atoms with Gasteiger partial charge in [0.25, 0.3) is 0 Å². The molecule has 0 spiro atoms. The maximum Gasteiger partial charge on any atom is 0.335 e. The first-order chi connectivity index (χ1) is 13.8. The first kappa shape index (κ1) is 20.8. The number of ketones is 1. The van der Waals surface area contributed by atoms with Gasteiger partial charge in [-0.3, -0.25) is 9.59 Å². The highest BCUT2D eigenvalue weighted by Gasteiger charge is 2.61. The van der Waals surface area contributed by atoms with E-state index in [0.717, 1.165) is 5.57 Å². The second-order valence-corrected chi connectivity index (χ2v) is 8.13. The predicted molar refractivity (Wildman–Crippen MR) is 109 cm³/mol. The van der Waals surface area contributed by atoms with E-state index in [0.29, 0.717) is 17.7 Å². The number of para-hydroxylation sites is 1. The Morgan fingerprint density at radius 1 is 1.24 bits per heavy atom. The average molecular weight is 394 g/mol. The molecule has 3 atom stereocenters. The Morgan fingerprint density at radius 3 is 2.59 bits per heavy atom. The minimum Gasteiger partial charge on any atom is -0.457 e. The fourth-order valence-corrected chi connectivity index (χ4v) is 3.93. The number of carbonyl (C=O) groups is 3. The molecule has 2 aliphatic carbocycles. The molecule has 2 aliphatic rings. The Morgan fingerprint density at radius 2 is 1.93 bits per heavy atom. The molecule has 1 unspecified atom stereocenters. The van der Waals surface area contributed by atoms with Gasteiger partial charge < -0.3 is 9.47 Å². The maximum absolute atomic E-state index is 12.7. The van der Waals surface area contributed by atoms with Crippen LogP contribution in [-0.2, 0) is 19.1 Å². The number of carbonyl (C=O) groups excluding carboxylic acids is 3. The van der Waals surface area contributed by atoms with Crippen molar-refractivity contribution in [3.63, 3.8) is 0 Å². The van der Waals surface area contributed by atoms with Gasteiger partial charge in [0.1, 0.15) is 11.9 Å². The summed E-state index contributed by atoms with van der Waals surface area (Å²) in [5.41, 5.74) is 1.18. The van der Waals surface area contributed by atoms with E-state index in [1.807, 2.05) is 26.8 Å². The zero-order valence-electron chi connectivity index (χ0n) is 17.0. The van der Waals surface area contributed by atoms with E-state index in [4.69, 9.17) is 9.47 Å². The summed E-state index contributed by atoms with van der Waals surface area (Å²) in [4.78, 5) is 36.8. The summed E-state index contributed by atoms with van der Waals surface area (Å²) in [6, 6.07) is 8.81. The summed E-state index contributed by atoms with van der Waals surface area (Å²) in [5, 5.41) is 0. The van der Waals surface area contributed by atoms with Crippen LogP contribution in [0.5, 0.6) is 5.75 Å². The lowest BCUT2D eigenvalue weighted by Gasteiger charge is -2.13. The van der Waals surface area contributed by atoms with Gasteiger partial charge in [-0.25, -0.2) is 4.79 Å². The summed E-state index contributed by atoms with van der Waals surface area (Å²) in [7, 11) is 0. The zero-order valence-corrected chi connectivity index (χ0v) is 17.0. The summed E-state index contributed by atoms with van der Waals surface area (Å²) >= 11 is 0. The largest absolute Gasteiger partial charge is 0.457 e. The van der Waals surface area contributed by atoms with Crippen molar-refractivity contribution in [1.29, 1.82) is 0 Å². The molecule has 5 heteroatoms. The molecule has 0 N–H and O–H groups in total. The van der Waals surface area contributed by atoms with Crippen molar-refractivity contribution in [1.82, 2.24) is 0 Å². The monoisotopic (exact) mass is 394 g/mol. The van der Waals surface area contributed by atoms with E-state index < -0.39 is 12.1 Å². The number of benzene rings is 1. The second-order valence-electron chi connectivity index (χ2n) is 8.13. The van der Waals surface area contributed by atoms with Crippen LogP contribution >= 0.6 is 0 Å². The molecule has 152 valence electrons. The van der Waals surface area contributed by atoms with Gasteiger partial charge in [-0.15, -0.1) is 6.58 Å². The van der Waals surface area contributed by atoms with Gasteiger partial charge >= 0.3 is 11.9 Å². The van der Waals surface area contributed by atoms with Gasteiger partial charge in [-0.2, -0.15) is 0 Å². The molecule has 0 aromatic heterocycles. The third-order valence-corrected chi connectivity index (χ3v) is 5.84. The summed E-state index contributed by atoms with van der Waals surface area (Å²) in [6.45, 7) is 9.42. The molecule has 0 bridgehead atoms. The normalized spacial score (nSPS) is 25.2. The van der Waals surface area contributed by atoms with Crippen molar-refractivity contribution in [2.24, 2.45) is 17.3 Å². The summed E-state index contributed by atoms with van der Waals surface area (Å²) < 4.78 is 10.9. The van der Waals surface area contributed by atoms with Crippen molar-refractivity contribution in [2.75, 3.05) is 0 Å². The lowest BCUT2D eigenvalue weighted by atomic mass is 10.1. The lowest BCUT2D eigenvalue weighted by Crippen LogP contribution is -2.20. The van der Waals surface area contributed by atoms with Gasteiger partial charge in [0.15, 0.2) is 5.78 Å². The Kier molecular flexibility index (Phi) is 5.87. The number of esters is 2. The Balaban J connectivity index is 1.60. The molecular formula is C24H26O5. The first-order valence-corrected chi connectivity index (χ1v) is 9.75. The lowest BCUT2D eigenvalue weighted by molar-refractivity contribution is -0.150. The third kappa shape index (κ3) is 4.39. The smallest absolute Gasteiger partial charge is 0.335 e. The number of hydrogen-bond donors (Lipinski definition) is 0. The zero-order chi connectivity index (χ0) is 21.2. The van der Waals surface area contributed by atoms with Crippen molar-refractivity contribution in [3.8, 4) is 5.75 Å².